The maximum Gasteiger partial charge on any atom is 0.303 e. The molecule has 172 valence electrons. The summed E-state index contributed by atoms with van der Waals surface area (Å²) in [5.41, 5.74) is 1.81. The average molecular weight is 444 g/mol. The van der Waals surface area contributed by atoms with Crippen molar-refractivity contribution >= 4 is 11.9 Å². The number of aliphatic hydroxyl groups excluding tert-OH is 1. The number of hydrogen-bond donors (Lipinski definition) is 1. The third-order valence-corrected chi connectivity index (χ3v) is 4.89. The Hall–Kier alpha value is -2.78. The molecule has 1 heterocycles. The Labute approximate surface area is 187 Å². The zero-order valence-corrected chi connectivity index (χ0v) is 18.1. The zero-order valence-electron chi connectivity index (χ0n) is 18.1. The monoisotopic (exact) mass is 444 g/mol. The van der Waals surface area contributed by atoms with Crippen molar-refractivity contribution in [3.8, 4) is 0 Å². The maximum absolute atomic E-state index is 11.8. The lowest BCUT2D eigenvalue weighted by molar-refractivity contribution is -0.304. The third-order valence-electron chi connectivity index (χ3n) is 4.89. The second-order valence-corrected chi connectivity index (χ2v) is 7.48. The molecule has 0 amide bonds. The van der Waals surface area contributed by atoms with E-state index in [1.165, 1.54) is 13.8 Å². The molecule has 1 aliphatic heterocycles. The Bertz CT molecular complexity index is 857. The molecule has 0 bridgehead atoms. The maximum atomic E-state index is 11.8. The fraction of sp³-hybridized carbons (Fsp3) is 0.417. The molecule has 8 nitrogen and oxygen atoms in total. The van der Waals surface area contributed by atoms with Crippen LogP contribution in [0.3, 0.4) is 0 Å². The first-order chi connectivity index (χ1) is 15.4. The Kier molecular flexibility index (Phi) is 8.75. The minimum atomic E-state index is -1.42. The van der Waals surface area contributed by atoms with Gasteiger partial charge in [0.25, 0.3) is 0 Å². The summed E-state index contributed by atoms with van der Waals surface area (Å²) >= 11 is 0. The molecule has 5 atom stereocenters. The van der Waals surface area contributed by atoms with Crippen LogP contribution in [-0.2, 0) is 46.5 Å². The van der Waals surface area contributed by atoms with E-state index in [1.54, 1.807) is 0 Å². The Morgan fingerprint density at radius 2 is 1.34 bits per heavy atom. The van der Waals surface area contributed by atoms with E-state index in [9.17, 15) is 14.7 Å². The van der Waals surface area contributed by atoms with Crippen molar-refractivity contribution in [3.63, 3.8) is 0 Å². The minimum absolute atomic E-state index is 0.00701. The lowest BCUT2D eigenvalue weighted by atomic mass is 9.98. The summed E-state index contributed by atoms with van der Waals surface area (Å²) in [5.74, 6) is -1.18. The molecule has 3 rings (SSSR count). The van der Waals surface area contributed by atoms with Gasteiger partial charge in [-0.2, -0.15) is 0 Å². The highest BCUT2D eigenvalue weighted by Crippen LogP contribution is 2.28. The number of carbonyl (C=O) groups is 2. The molecule has 0 aromatic heterocycles. The van der Waals surface area contributed by atoms with Gasteiger partial charge in [0.15, 0.2) is 18.5 Å². The van der Waals surface area contributed by atoms with Crippen molar-refractivity contribution in [2.24, 2.45) is 0 Å². The van der Waals surface area contributed by atoms with E-state index in [0.717, 1.165) is 11.1 Å². The highest BCUT2D eigenvalue weighted by molar-refractivity contribution is 5.67. The van der Waals surface area contributed by atoms with Gasteiger partial charge in [-0.15, -0.1) is 0 Å². The first-order valence-electron chi connectivity index (χ1n) is 10.4. The Morgan fingerprint density at radius 1 is 0.812 bits per heavy atom. The van der Waals surface area contributed by atoms with Gasteiger partial charge in [0.2, 0.25) is 0 Å². The summed E-state index contributed by atoms with van der Waals surface area (Å²) in [7, 11) is 0. The van der Waals surface area contributed by atoms with Gasteiger partial charge in [-0.1, -0.05) is 60.7 Å². The van der Waals surface area contributed by atoms with Crippen LogP contribution in [0.5, 0.6) is 0 Å². The van der Waals surface area contributed by atoms with E-state index < -0.39 is 42.6 Å². The van der Waals surface area contributed by atoms with Crippen LogP contribution in [0.2, 0.25) is 0 Å². The van der Waals surface area contributed by atoms with Crippen LogP contribution in [0, 0.1) is 0 Å². The normalized spacial score (nSPS) is 25.2. The van der Waals surface area contributed by atoms with E-state index in [0.29, 0.717) is 6.61 Å². The van der Waals surface area contributed by atoms with Gasteiger partial charge in [0.1, 0.15) is 12.2 Å². The molecule has 0 spiro atoms. The Balaban J connectivity index is 1.73. The standard InChI is InChI=1S/C24H28O8/c1-16(25)30-21-20(15-28-13-18-9-5-3-6-10-18)32-24(27)23(22(21)31-17(2)26)29-14-19-11-7-4-8-12-19/h3-12,20-24,27H,13-15H2,1-2H3/t20-,21+,22+,23-,24-/m1/s1. The summed E-state index contributed by atoms with van der Waals surface area (Å²) in [5, 5.41) is 10.6. The second kappa shape index (κ2) is 11.7. The zero-order chi connectivity index (χ0) is 22.9. The smallest absolute Gasteiger partial charge is 0.303 e. The summed E-state index contributed by atoms with van der Waals surface area (Å²) < 4.78 is 28.1. The molecule has 8 heteroatoms. The lowest BCUT2D eigenvalue weighted by Crippen LogP contribution is -2.61. The Morgan fingerprint density at radius 3 is 1.91 bits per heavy atom. The number of ether oxygens (including phenoxy) is 5. The third kappa shape index (κ3) is 6.86. The molecular formula is C24H28O8. The lowest BCUT2D eigenvalue weighted by Gasteiger charge is -2.43. The van der Waals surface area contributed by atoms with E-state index >= 15 is 0 Å². The molecule has 32 heavy (non-hydrogen) atoms. The first kappa shape index (κ1) is 23.9. The molecule has 0 radical (unpaired) electrons. The largest absolute Gasteiger partial charge is 0.456 e. The molecule has 1 N–H and O–H groups in total. The number of rotatable bonds is 9. The molecule has 1 aliphatic rings. The molecule has 1 saturated heterocycles. The van der Waals surface area contributed by atoms with Crippen LogP contribution in [0.25, 0.3) is 0 Å². The topological polar surface area (TPSA) is 101 Å². The summed E-state index contributed by atoms with van der Waals surface area (Å²) in [6.07, 6.45) is -5.43. The van der Waals surface area contributed by atoms with Crippen molar-refractivity contribution in [1.29, 1.82) is 0 Å². The van der Waals surface area contributed by atoms with Gasteiger partial charge in [-0.25, -0.2) is 0 Å². The van der Waals surface area contributed by atoms with Crippen LogP contribution >= 0.6 is 0 Å². The van der Waals surface area contributed by atoms with E-state index in [-0.39, 0.29) is 13.2 Å². The van der Waals surface area contributed by atoms with Crippen LogP contribution in [0.15, 0.2) is 60.7 Å². The van der Waals surface area contributed by atoms with Gasteiger partial charge in [0, 0.05) is 13.8 Å². The SMILES string of the molecule is CC(=O)O[C@@H]1[C@@H](OCc2ccccc2)[C@H](O)O[C@H](COCc2ccccc2)[C@@H]1OC(C)=O. The van der Waals surface area contributed by atoms with Crippen LogP contribution in [0.4, 0.5) is 0 Å². The van der Waals surface area contributed by atoms with Crippen molar-refractivity contribution in [2.45, 2.75) is 57.8 Å². The minimum Gasteiger partial charge on any atom is -0.456 e. The second-order valence-electron chi connectivity index (χ2n) is 7.48. The van der Waals surface area contributed by atoms with E-state index in [1.807, 2.05) is 60.7 Å². The highest BCUT2D eigenvalue weighted by atomic mass is 16.7. The summed E-state index contributed by atoms with van der Waals surface area (Å²) in [6.45, 7) is 2.94. The van der Waals surface area contributed by atoms with Gasteiger partial charge in [-0.3, -0.25) is 9.59 Å². The molecule has 2 aromatic carbocycles. The molecule has 0 aliphatic carbocycles. The number of esters is 2. The van der Waals surface area contributed by atoms with Gasteiger partial charge < -0.3 is 28.8 Å². The number of aliphatic hydroxyl groups is 1. The molecule has 0 unspecified atom stereocenters. The number of hydrogen-bond acceptors (Lipinski definition) is 8. The van der Waals surface area contributed by atoms with Crippen molar-refractivity contribution in [2.75, 3.05) is 6.61 Å². The van der Waals surface area contributed by atoms with Crippen molar-refractivity contribution < 1.29 is 38.4 Å². The predicted molar refractivity (Wildman–Crippen MR) is 113 cm³/mol. The summed E-state index contributed by atoms with van der Waals surface area (Å²) in [4.78, 5) is 23.6. The molecular weight excluding hydrogens is 416 g/mol. The molecule has 2 aromatic rings. The summed E-state index contributed by atoms with van der Waals surface area (Å²) in [6, 6.07) is 18.8. The first-order valence-corrected chi connectivity index (χ1v) is 10.4. The number of benzene rings is 2. The quantitative estimate of drug-likeness (QED) is 0.589. The molecule has 0 saturated carbocycles. The van der Waals surface area contributed by atoms with Gasteiger partial charge in [0.05, 0.1) is 19.8 Å². The number of carbonyl (C=O) groups excluding carboxylic acids is 2. The van der Waals surface area contributed by atoms with E-state index in [2.05, 4.69) is 0 Å². The van der Waals surface area contributed by atoms with Crippen LogP contribution < -0.4 is 0 Å². The highest BCUT2D eigenvalue weighted by Gasteiger charge is 2.50. The van der Waals surface area contributed by atoms with Crippen LogP contribution in [0.1, 0.15) is 25.0 Å². The van der Waals surface area contributed by atoms with Gasteiger partial charge >= 0.3 is 11.9 Å². The van der Waals surface area contributed by atoms with Crippen LogP contribution in [-0.4, -0.2) is 54.4 Å². The molecule has 1 fully saturated rings. The predicted octanol–water partition coefficient (Wildman–Crippen LogP) is 2.37. The van der Waals surface area contributed by atoms with E-state index in [4.69, 9.17) is 23.7 Å². The fourth-order valence-corrected chi connectivity index (χ4v) is 3.50. The van der Waals surface area contributed by atoms with Crippen molar-refractivity contribution in [1.82, 2.24) is 0 Å². The fourth-order valence-electron chi connectivity index (χ4n) is 3.50. The average Bonchev–Trinajstić information content (AvgIpc) is 2.76. The van der Waals surface area contributed by atoms with Gasteiger partial charge in [-0.05, 0) is 11.1 Å². The van der Waals surface area contributed by atoms with Crippen molar-refractivity contribution in [3.05, 3.63) is 71.8 Å².